The van der Waals surface area contributed by atoms with Crippen molar-refractivity contribution in [3.63, 3.8) is 0 Å². The summed E-state index contributed by atoms with van der Waals surface area (Å²) >= 11 is 0. The number of quaternary nitrogens is 2. The number of hydrogen-bond donors (Lipinski definition) is 3. The smallest absolute Gasteiger partial charge is 0.153 e. The van der Waals surface area contributed by atoms with Gasteiger partial charge in [0.15, 0.2) is 6.04 Å². The molecule has 0 fully saturated rings. The highest BCUT2D eigenvalue weighted by Gasteiger charge is 2.28. The molecule has 136 valence electrons. The number of fused-ring (bicyclic) bond motifs is 3. The summed E-state index contributed by atoms with van der Waals surface area (Å²) in [6, 6.07) is 15.6. The van der Waals surface area contributed by atoms with Gasteiger partial charge in [-0.2, -0.15) is 0 Å². The Morgan fingerprint density at radius 1 is 1.19 bits per heavy atom. The molecule has 4 N–H and O–H groups in total. The van der Waals surface area contributed by atoms with Gasteiger partial charge in [-0.25, -0.2) is 0 Å². The second-order valence-corrected chi connectivity index (χ2v) is 7.70. The fourth-order valence-corrected chi connectivity index (χ4v) is 3.90. The van der Waals surface area contributed by atoms with E-state index in [1.807, 2.05) is 0 Å². The van der Waals surface area contributed by atoms with Gasteiger partial charge in [0.25, 0.3) is 0 Å². The molecule has 0 saturated heterocycles. The quantitative estimate of drug-likeness (QED) is 0.636. The molecule has 4 nitrogen and oxygen atoms in total. The maximum Gasteiger partial charge on any atom is 0.153 e. The van der Waals surface area contributed by atoms with Gasteiger partial charge in [-0.3, -0.25) is 0 Å². The van der Waals surface area contributed by atoms with Gasteiger partial charge in [0.05, 0.1) is 26.3 Å². The summed E-state index contributed by atoms with van der Waals surface area (Å²) in [5, 5.41) is 3.83. The van der Waals surface area contributed by atoms with Gasteiger partial charge >= 0.3 is 0 Å². The molecule has 0 aliphatic carbocycles. The lowest BCUT2D eigenvalue weighted by Gasteiger charge is -2.22. The van der Waals surface area contributed by atoms with E-state index in [2.05, 4.69) is 73.8 Å². The van der Waals surface area contributed by atoms with Crippen molar-refractivity contribution < 1.29 is 15.0 Å². The van der Waals surface area contributed by atoms with Crippen molar-refractivity contribution in [1.82, 2.24) is 4.98 Å². The molecule has 0 spiro atoms. The highest BCUT2D eigenvalue weighted by molar-refractivity contribution is 5.85. The lowest BCUT2D eigenvalue weighted by atomic mass is 9.94. The Morgan fingerprint density at radius 3 is 2.92 bits per heavy atom. The summed E-state index contributed by atoms with van der Waals surface area (Å²) in [6.45, 7) is 5.04. The second-order valence-electron chi connectivity index (χ2n) is 7.70. The minimum Gasteiger partial charge on any atom is -0.488 e. The SMILES string of the molecule is Cc1ccc2[nH]c3c(c2c1)CC[NH2+][C@H]3c1cccc(OCC[NH+](C)C)c1. The highest BCUT2D eigenvalue weighted by Crippen LogP contribution is 2.32. The third-order valence-electron chi connectivity index (χ3n) is 5.29. The molecule has 4 rings (SSSR count). The second kappa shape index (κ2) is 7.14. The van der Waals surface area contributed by atoms with Crippen molar-refractivity contribution >= 4 is 10.9 Å². The van der Waals surface area contributed by atoms with Gasteiger partial charge in [0.1, 0.15) is 18.9 Å². The van der Waals surface area contributed by atoms with Gasteiger partial charge in [-0.05, 0) is 36.8 Å². The summed E-state index contributed by atoms with van der Waals surface area (Å²) < 4.78 is 5.97. The molecule has 3 aromatic rings. The average molecular weight is 351 g/mol. The Hall–Kier alpha value is -2.30. The van der Waals surface area contributed by atoms with E-state index in [1.165, 1.54) is 38.2 Å². The molecule has 1 aromatic heterocycles. The minimum absolute atomic E-state index is 0.314. The number of hydrogen-bond acceptors (Lipinski definition) is 1. The van der Waals surface area contributed by atoms with E-state index in [-0.39, 0.29) is 0 Å². The molecule has 1 atom stereocenters. The first-order valence-electron chi connectivity index (χ1n) is 9.58. The fraction of sp³-hybridized carbons (Fsp3) is 0.364. The summed E-state index contributed by atoms with van der Waals surface area (Å²) in [5.41, 5.74) is 6.72. The molecule has 2 heterocycles. The molecule has 0 bridgehead atoms. The monoisotopic (exact) mass is 351 g/mol. The van der Waals surface area contributed by atoms with Crippen molar-refractivity contribution in [2.45, 2.75) is 19.4 Å². The Balaban J connectivity index is 1.64. The van der Waals surface area contributed by atoms with Crippen LogP contribution in [0.15, 0.2) is 42.5 Å². The first kappa shape index (κ1) is 17.1. The number of likely N-dealkylation sites (N-methyl/N-ethyl adjacent to an activating group) is 1. The number of ether oxygens (including phenoxy) is 1. The van der Waals surface area contributed by atoms with Crippen LogP contribution < -0.4 is 15.0 Å². The zero-order valence-corrected chi connectivity index (χ0v) is 15.9. The van der Waals surface area contributed by atoms with Crippen molar-refractivity contribution in [3.8, 4) is 5.75 Å². The van der Waals surface area contributed by atoms with Gasteiger partial charge < -0.3 is 19.9 Å². The van der Waals surface area contributed by atoms with Crippen LogP contribution in [0.25, 0.3) is 10.9 Å². The molecule has 2 aromatic carbocycles. The van der Waals surface area contributed by atoms with Crippen molar-refractivity contribution in [2.24, 2.45) is 0 Å². The molecule has 26 heavy (non-hydrogen) atoms. The van der Waals surface area contributed by atoms with E-state index in [4.69, 9.17) is 4.74 Å². The van der Waals surface area contributed by atoms with E-state index in [9.17, 15) is 0 Å². The van der Waals surface area contributed by atoms with Gasteiger partial charge in [-0.15, -0.1) is 0 Å². The Bertz CT molecular complexity index is 913. The Morgan fingerprint density at radius 2 is 2.08 bits per heavy atom. The van der Waals surface area contributed by atoms with E-state index in [1.54, 1.807) is 0 Å². The van der Waals surface area contributed by atoms with Crippen LogP contribution in [0.4, 0.5) is 0 Å². The summed E-state index contributed by atoms with van der Waals surface area (Å²) in [6.07, 6.45) is 1.12. The molecule has 0 saturated carbocycles. The molecule has 1 aliphatic heterocycles. The topological polar surface area (TPSA) is 46.1 Å². The predicted octanol–water partition coefficient (Wildman–Crippen LogP) is 1.21. The number of nitrogens with one attached hydrogen (secondary N) is 2. The van der Waals surface area contributed by atoms with E-state index in [0.717, 1.165) is 31.9 Å². The summed E-state index contributed by atoms with van der Waals surface area (Å²) in [4.78, 5) is 5.10. The number of aryl methyl sites for hydroxylation is 1. The van der Waals surface area contributed by atoms with E-state index in [0.29, 0.717) is 6.04 Å². The van der Waals surface area contributed by atoms with Crippen LogP contribution in [-0.4, -0.2) is 38.8 Å². The molecule has 1 aliphatic rings. The summed E-state index contributed by atoms with van der Waals surface area (Å²) in [7, 11) is 4.30. The molecule has 4 heteroatoms. The highest BCUT2D eigenvalue weighted by atomic mass is 16.5. The van der Waals surface area contributed by atoms with Crippen LogP contribution in [0.5, 0.6) is 5.75 Å². The Kier molecular flexibility index (Phi) is 4.70. The number of aromatic nitrogens is 1. The maximum atomic E-state index is 5.97. The number of rotatable bonds is 5. The largest absolute Gasteiger partial charge is 0.488 e. The fourth-order valence-electron chi connectivity index (χ4n) is 3.90. The van der Waals surface area contributed by atoms with Crippen LogP contribution >= 0.6 is 0 Å². The van der Waals surface area contributed by atoms with Crippen molar-refractivity contribution in [1.29, 1.82) is 0 Å². The lowest BCUT2D eigenvalue weighted by molar-refractivity contribution is -0.858. The zero-order chi connectivity index (χ0) is 18.1. The van der Waals surface area contributed by atoms with Crippen molar-refractivity contribution in [2.75, 3.05) is 33.8 Å². The third-order valence-corrected chi connectivity index (χ3v) is 5.29. The van der Waals surface area contributed by atoms with Gasteiger partial charge in [0.2, 0.25) is 0 Å². The van der Waals surface area contributed by atoms with Crippen LogP contribution in [0.3, 0.4) is 0 Å². The number of aromatic amines is 1. The average Bonchev–Trinajstić information content (AvgIpc) is 2.99. The van der Waals surface area contributed by atoms with Crippen molar-refractivity contribution in [3.05, 3.63) is 64.8 Å². The minimum atomic E-state index is 0.314. The van der Waals surface area contributed by atoms with E-state index < -0.39 is 0 Å². The standard InChI is InChI=1S/C22H27N3O/c1-15-7-8-20-19(13-15)18-9-10-23-21(22(18)24-20)16-5-4-6-17(14-16)26-12-11-25(2)3/h4-8,13-14,21,23-24H,9-12H2,1-3H3/p+2/t21-/m0/s1. The molecule has 0 radical (unpaired) electrons. The number of H-pyrrole nitrogens is 1. The molecular weight excluding hydrogens is 322 g/mol. The van der Waals surface area contributed by atoms with Crippen LogP contribution in [-0.2, 0) is 6.42 Å². The Labute approximate surface area is 155 Å². The van der Waals surface area contributed by atoms with Crippen LogP contribution in [0, 0.1) is 6.92 Å². The lowest BCUT2D eigenvalue weighted by Crippen LogP contribution is -3.06. The van der Waals surface area contributed by atoms with E-state index >= 15 is 0 Å². The van der Waals surface area contributed by atoms with Gasteiger partial charge in [0, 0.05) is 22.9 Å². The molecule has 0 unspecified atom stereocenters. The van der Waals surface area contributed by atoms with Crippen LogP contribution in [0.2, 0.25) is 0 Å². The number of nitrogens with two attached hydrogens (primary N) is 1. The number of benzene rings is 2. The third kappa shape index (κ3) is 3.35. The molecular formula is C22H29N3O+2. The predicted molar refractivity (Wildman–Crippen MR) is 105 cm³/mol. The molecule has 0 amide bonds. The van der Waals surface area contributed by atoms with Gasteiger partial charge in [-0.1, -0.05) is 23.8 Å². The zero-order valence-electron chi connectivity index (χ0n) is 15.9. The van der Waals surface area contributed by atoms with Crippen LogP contribution in [0.1, 0.15) is 28.4 Å². The maximum absolute atomic E-state index is 5.97. The first-order chi connectivity index (χ1) is 12.6. The normalized spacial score (nSPS) is 16.8. The summed E-state index contributed by atoms with van der Waals surface area (Å²) in [5.74, 6) is 0.969. The first-order valence-corrected chi connectivity index (χ1v) is 9.58.